The summed E-state index contributed by atoms with van der Waals surface area (Å²) in [5, 5.41) is 13.1. The average molecular weight is 536 g/mol. The number of nitrogens with two attached hydrogens (primary N) is 1. The van der Waals surface area contributed by atoms with Gasteiger partial charge >= 0.3 is 17.8 Å². The van der Waals surface area contributed by atoms with Crippen LogP contribution in [0.15, 0.2) is 58.0 Å². The van der Waals surface area contributed by atoms with Crippen LogP contribution in [0.4, 0.5) is 22.0 Å². The molecular formula is C19H17F5N6O5S. The fourth-order valence-corrected chi connectivity index (χ4v) is 3.18. The fourth-order valence-electron chi connectivity index (χ4n) is 2.55. The zero-order valence-electron chi connectivity index (χ0n) is 18.1. The number of aromatic amines is 1. The number of aliphatic carboxylic acids is 1. The number of benzene rings is 1. The van der Waals surface area contributed by atoms with Gasteiger partial charge in [0.1, 0.15) is 5.82 Å². The van der Waals surface area contributed by atoms with E-state index < -0.39 is 33.8 Å². The molecule has 0 radical (unpaired) electrons. The minimum Gasteiger partial charge on any atom is -0.475 e. The Labute approximate surface area is 199 Å². The summed E-state index contributed by atoms with van der Waals surface area (Å²) in [4.78, 5) is 29.5. The molecule has 4 N–H and O–H groups in total. The van der Waals surface area contributed by atoms with Crippen molar-refractivity contribution in [2.75, 3.05) is 12.8 Å². The number of rotatable bonds is 6. The van der Waals surface area contributed by atoms with E-state index in [9.17, 15) is 35.2 Å². The lowest BCUT2D eigenvalue weighted by Gasteiger charge is -2.07. The number of alkyl halides is 3. The number of aromatic nitrogens is 5. The first-order valence-corrected chi connectivity index (χ1v) is 11.4. The van der Waals surface area contributed by atoms with E-state index >= 15 is 0 Å². The van der Waals surface area contributed by atoms with Gasteiger partial charge in [0, 0.05) is 30.4 Å². The molecule has 1 aromatic carbocycles. The first kappa shape index (κ1) is 28.2. The lowest BCUT2D eigenvalue weighted by Crippen LogP contribution is -2.21. The highest BCUT2D eigenvalue weighted by Gasteiger charge is 2.38. The van der Waals surface area contributed by atoms with E-state index in [0.29, 0.717) is 11.3 Å². The van der Waals surface area contributed by atoms with Gasteiger partial charge in [-0.05, 0) is 12.1 Å². The number of nitrogens with zero attached hydrogens (tertiary/aromatic N) is 4. The number of carboxylic acid groups (broad SMARTS) is 1. The summed E-state index contributed by atoms with van der Waals surface area (Å²) in [5.41, 5.74) is 5.36. The molecule has 36 heavy (non-hydrogen) atoms. The Hall–Kier alpha value is -3.99. The van der Waals surface area contributed by atoms with Crippen LogP contribution in [0.5, 0.6) is 0 Å². The number of sulfone groups is 1. The molecule has 0 aliphatic heterocycles. The van der Waals surface area contributed by atoms with Crippen molar-refractivity contribution in [2.45, 2.75) is 17.5 Å². The van der Waals surface area contributed by atoms with Crippen LogP contribution in [0.3, 0.4) is 0 Å². The van der Waals surface area contributed by atoms with Crippen molar-refractivity contribution >= 4 is 15.8 Å². The quantitative estimate of drug-likeness (QED) is 0.396. The van der Waals surface area contributed by atoms with Crippen molar-refractivity contribution in [3.63, 3.8) is 0 Å². The molecule has 17 heteroatoms. The van der Waals surface area contributed by atoms with Crippen molar-refractivity contribution in [3.05, 3.63) is 64.6 Å². The van der Waals surface area contributed by atoms with Crippen LogP contribution in [-0.2, 0) is 21.1 Å². The third-order valence-electron chi connectivity index (χ3n) is 4.32. The maximum atomic E-state index is 12.9. The third-order valence-corrected chi connectivity index (χ3v) is 5.44. The molecule has 2 heterocycles. The normalized spacial score (nSPS) is 11.4. The number of nitrogens with one attached hydrogen (secondary N) is 1. The zero-order chi connectivity index (χ0) is 27.3. The van der Waals surface area contributed by atoms with Gasteiger partial charge in [0.05, 0.1) is 23.0 Å². The molecule has 3 rings (SSSR count). The zero-order valence-corrected chi connectivity index (χ0v) is 18.9. The first-order valence-electron chi connectivity index (χ1n) is 9.47. The molecule has 11 nitrogen and oxygen atoms in total. The van der Waals surface area contributed by atoms with Crippen LogP contribution in [-0.4, -0.2) is 63.2 Å². The van der Waals surface area contributed by atoms with Gasteiger partial charge < -0.3 is 10.8 Å². The molecule has 0 saturated carbocycles. The molecule has 0 bridgehead atoms. The Morgan fingerprint density at radius 3 is 2.14 bits per heavy atom. The van der Waals surface area contributed by atoms with Crippen molar-refractivity contribution < 1.29 is 40.3 Å². The van der Waals surface area contributed by atoms with E-state index in [1.54, 1.807) is 12.1 Å². The number of carboxylic acids is 1. The molecule has 0 saturated heterocycles. The molecular weight excluding hydrogens is 519 g/mol. The Bertz CT molecular complexity index is 1410. The van der Waals surface area contributed by atoms with Gasteiger partial charge in [-0.15, -0.1) is 0 Å². The second-order valence-electron chi connectivity index (χ2n) is 6.88. The fraction of sp³-hybridized carbons (Fsp3) is 0.211. The monoisotopic (exact) mass is 536 g/mol. The van der Waals surface area contributed by atoms with Gasteiger partial charge in [0.25, 0.3) is 6.08 Å². The smallest absolute Gasteiger partial charge is 0.475 e. The van der Waals surface area contributed by atoms with Gasteiger partial charge in [-0.3, -0.25) is 4.98 Å². The van der Waals surface area contributed by atoms with E-state index in [1.165, 1.54) is 24.5 Å². The second kappa shape index (κ2) is 11.2. The average Bonchev–Trinajstić information content (AvgIpc) is 3.16. The van der Waals surface area contributed by atoms with E-state index in [0.717, 1.165) is 10.8 Å². The topological polar surface area (TPSA) is 174 Å². The number of hydrogen-bond acceptors (Lipinski definition) is 8. The Kier molecular flexibility index (Phi) is 8.76. The molecule has 0 unspecified atom stereocenters. The molecule has 0 atom stereocenters. The van der Waals surface area contributed by atoms with Crippen molar-refractivity contribution in [1.82, 2.24) is 24.7 Å². The number of H-pyrrole nitrogens is 1. The molecule has 0 fully saturated rings. The highest BCUT2D eigenvalue weighted by atomic mass is 32.2. The lowest BCUT2D eigenvalue weighted by atomic mass is 10.2. The molecule has 2 aromatic heterocycles. The van der Waals surface area contributed by atoms with Gasteiger partial charge in [0.2, 0.25) is 0 Å². The predicted octanol–water partition coefficient (Wildman–Crippen LogP) is 1.71. The van der Waals surface area contributed by atoms with E-state index in [-0.39, 0.29) is 35.1 Å². The molecule has 194 valence electrons. The molecule has 0 aliphatic carbocycles. The van der Waals surface area contributed by atoms with E-state index in [2.05, 4.69) is 20.2 Å². The van der Waals surface area contributed by atoms with Gasteiger partial charge in [-0.1, -0.05) is 12.1 Å². The van der Waals surface area contributed by atoms with Crippen LogP contribution in [0.25, 0.3) is 17.1 Å². The standard InChI is InChI=1S/C17H16F2N6O3S.C2HF3O2/c1-29(27,28)12-4-2-10(3-5-12)13-8-22-15(9-21-13)25-14(23-24-17(25)26)6-11(7-20)16(18)19;3-2(4,5)1(6)7/h2-5,8-9H,6-7,20H2,1H3,(H,24,26);(H,6,7). The summed E-state index contributed by atoms with van der Waals surface area (Å²) in [7, 11) is -3.32. The lowest BCUT2D eigenvalue weighted by molar-refractivity contribution is -0.192. The predicted molar refractivity (Wildman–Crippen MR) is 114 cm³/mol. The molecule has 0 amide bonds. The van der Waals surface area contributed by atoms with Crippen LogP contribution in [0.2, 0.25) is 0 Å². The van der Waals surface area contributed by atoms with E-state index in [4.69, 9.17) is 15.6 Å². The number of hydrogen-bond donors (Lipinski definition) is 3. The third kappa shape index (κ3) is 7.25. The summed E-state index contributed by atoms with van der Waals surface area (Å²) in [6.45, 7) is -0.378. The molecule has 0 spiro atoms. The minimum atomic E-state index is -5.08. The summed E-state index contributed by atoms with van der Waals surface area (Å²) >= 11 is 0. The summed E-state index contributed by atoms with van der Waals surface area (Å²) < 4.78 is 81.6. The molecule has 3 aromatic rings. The minimum absolute atomic E-state index is 0.0165. The first-order chi connectivity index (χ1) is 16.6. The Balaban J connectivity index is 0.000000572. The van der Waals surface area contributed by atoms with E-state index in [1.807, 2.05) is 0 Å². The number of halogens is 5. The van der Waals surface area contributed by atoms with Crippen molar-refractivity contribution in [1.29, 1.82) is 0 Å². The van der Waals surface area contributed by atoms with Gasteiger partial charge in [0.15, 0.2) is 15.7 Å². The van der Waals surface area contributed by atoms with Crippen LogP contribution in [0.1, 0.15) is 5.82 Å². The SMILES string of the molecule is CS(=O)(=O)c1ccc(-c2cnc(-n3c(CC(CN)=C(F)F)n[nH]c3=O)cn2)cc1.O=C(O)C(F)(F)F. The molecule has 0 aliphatic rings. The summed E-state index contributed by atoms with van der Waals surface area (Å²) in [6, 6.07) is 6.06. The van der Waals surface area contributed by atoms with Crippen LogP contribution in [0, 0.1) is 0 Å². The maximum absolute atomic E-state index is 12.9. The van der Waals surface area contributed by atoms with Crippen molar-refractivity contribution in [3.8, 4) is 17.1 Å². The van der Waals surface area contributed by atoms with Gasteiger partial charge in [-0.2, -0.15) is 27.1 Å². The largest absolute Gasteiger partial charge is 0.490 e. The maximum Gasteiger partial charge on any atom is 0.490 e. The summed E-state index contributed by atoms with van der Waals surface area (Å²) in [5.74, 6) is -2.65. The van der Waals surface area contributed by atoms with Gasteiger partial charge in [-0.25, -0.2) is 32.7 Å². The Morgan fingerprint density at radius 2 is 1.72 bits per heavy atom. The highest BCUT2D eigenvalue weighted by molar-refractivity contribution is 7.90. The van der Waals surface area contributed by atoms with Crippen LogP contribution >= 0.6 is 0 Å². The highest BCUT2D eigenvalue weighted by Crippen LogP contribution is 2.20. The Morgan fingerprint density at radius 1 is 1.14 bits per heavy atom. The second-order valence-corrected chi connectivity index (χ2v) is 8.90. The number of carbonyl (C=O) groups is 1. The summed E-state index contributed by atoms with van der Waals surface area (Å²) in [6.07, 6.45) is -3.56. The van der Waals surface area contributed by atoms with Crippen LogP contribution < -0.4 is 11.4 Å². The van der Waals surface area contributed by atoms with Crippen molar-refractivity contribution in [2.24, 2.45) is 5.73 Å².